The van der Waals surface area contributed by atoms with E-state index >= 15 is 0 Å². The van der Waals surface area contributed by atoms with Gasteiger partial charge in [0.05, 0.1) is 0 Å². The van der Waals surface area contributed by atoms with E-state index in [0.29, 0.717) is 5.38 Å². The summed E-state index contributed by atoms with van der Waals surface area (Å²) in [5.74, 6) is 0.894. The van der Waals surface area contributed by atoms with E-state index in [9.17, 15) is 0 Å². The van der Waals surface area contributed by atoms with Crippen LogP contribution < -0.4 is 5.32 Å². The van der Waals surface area contributed by atoms with Gasteiger partial charge >= 0.3 is 0 Å². The van der Waals surface area contributed by atoms with Crippen molar-refractivity contribution in [1.29, 1.82) is 0 Å². The molecule has 1 aliphatic rings. The average molecular weight is 246 g/mol. The molecule has 1 N–H and O–H groups in total. The summed E-state index contributed by atoms with van der Waals surface area (Å²) >= 11 is 6.09. The van der Waals surface area contributed by atoms with Gasteiger partial charge in [-0.05, 0) is 51.1 Å². The van der Waals surface area contributed by atoms with Crippen molar-refractivity contribution in [1.82, 2.24) is 5.32 Å². The molecular weight excluding hydrogens is 218 g/mol. The van der Waals surface area contributed by atoms with Gasteiger partial charge in [-0.2, -0.15) is 0 Å². The van der Waals surface area contributed by atoms with E-state index in [-0.39, 0.29) is 0 Å². The van der Waals surface area contributed by atoms with Crippen LogP contribution in [0.15, 0.2) is 0 Å². The maximum Gasteiger partial charge on any atom is 0.0336 e. The van der Waals surface area contributed by atoms with E-state index in [0.717, 1.165) is 5.92 Å². The van der Waals surface area contributed by atoms with Crippen molar-refractivity contribution in [3.05, 3.63) is 0 Å². The van der Waals surface area contributed by atoms with Crippen LogP contribution >= 0.6 is 11.6 Å². The normalized spacial score (nSPS) is 25.9. The van der Waals surface area contributed by atoms with Crippen molar-refractivity contribution >= 4 is 11.6 Å². The summed E-state index contributed by atoms with van der Waals surface area (Å²) in [6.07, 6.45) is 12.0. The van der Waals surface area contributed by atoms with Gasteiger partial charge in [0.2, 0.25) is 0 Å². The third-order valence-corrected chi connectivity index (χ3v) is 4.10. The van der Waals surface area contributed by atoms with Gasteiger partial charge in [-0.3, -0.25) is 0 Å². The first-order chi connectivity index (χ1) is 7.83. The Hall–Kier alpha value is 0.250. The Kier molecular flexibility index (Phi) is 8.32. The zero-order valence-electron chi connectivity index (χ0n) is 10.8. The fraction of sp³-hybridized carbons (Fsp3) is 1.00. The Morgan fingerprint density at radius 1 is 1.00 bits per heavy atom. The smallest absolute Gasteiger partial charge is 0.0336 e. The molecule has 2 heteroatoms. The van der Waals surface area contributed by atoms with Crippen LogP contribution in [-0.4, -0.2) is 18.5 Å². The second kappa shape index (κ2) is 9.30. The number of rotatable bonds is 8. The SMILES string of the molecule is CCCCCCCNCC1CCC(Cl)CC1. The lowest BCUT2D eigenvalue weighted by molar-refractivity contribution is 0.345. The Balaban J connectivity index is 1.84. The quantitative estimate of drug-likeness (QED) is 0.495. The number of nitrogens with one attached hydrogen (secondary N) is 1. The highest BCUT2D eigenvalue weighted by Gasteiger charge is 2.18. The van der Waals surface area contributed by atoms with Crippen LogP contribution in [0.4, 0.5) is 0 Å². The molecule has 1 rings (SSSR count). The minimum atomic E-state index is 0.463. The van der Waals surface area contributed by atoms with Gasteiger partial charge in [-0.15, -0.1) is 11.6 Å². The predicted octanol–water partition coefficient (Wildman–Crippen LogP) is 4.34. The maximum atomic E-state index is 6.09. The summed E-state index contributed by atoms with van der Waals surface area (Å²) in [4.78, 5) is 0. The van der Waals surface area contributed by atoms with Crippen LogP contribution in [0.25, 0.3) is 0 Å². The van der Waals surface area contributed by atoms with Crippen molar-refractivity contribution in [2.24, 2.45) is 5.92 Å². The predicted molar refractivity (Wildman–Crippen MR) is 73.2 cm³/mol. The number of hydrogen-bond acceptors (Lipinski definition) is 1. The highest BCUT2D eigenvalue weighted by atomic mass is 35.5. The lowest BCUT2D eigenvalue weighted by atomic mass is 9.89. The van der Waals surface area contributed by atoms with E-state index in [2.05, 4.69) is 12.2 Å². The number of unbranched alkanes of at least 4 members (excludes halogenated alkanes) is 4. The molecule has 0 spiro atoms. The Labute approximate surface area is 106 Å². The largest absolute Gasteiger partial charge is 0.316 e. The van der Waals surface area contributed by atoms with Crippen molar-refractivity contribution in [2.75, 3.05) is 13.1 Å². The molecule has 0 aromatic rings. The zero-order valence-corrected chi connectivity index (χ0v) is 11.6. The van der Waals surface area contributed by atoms with Crippen molar-refractivity contribution < 1.29 is 0 Å². The molecule has 16 heavy (non-hydrogen) atoms. The van der Waals surface area contributed by atoms with Crippen LogP contribution in [-0.2, 0) is 0 Å². The van der Waals surface area contributed by atoms with E-state index < -0.39 is 0 Å². The maximum absolute atomic E-state index is 6.09. The van der Waals surface area contributed by atoms with Gasteiger partial charge in [0.25, 0.3) is 0 Å². The number of halogens is 1. The molecule has 0 radical (unpaired) electrons. The Morgan fingerprint density at radius 2 is 1.69 bits per heavy atom. The third-order valence-electron chi connectivity index (χ3n) is 3.67. The lowest BCUT2D eigenvalue weighted by Gasteiger charge is -2.25. The van der Waals surface area contributed by atoms with E-state index in [1.54, 1.807) is 0 Å². The minimum Gasteiger partial charge on any atom is -0.316 e. The van der Waals surface area contributed by atoms with Gasteiger partial charge in [-0.1, -0.05) is 32.6 Å². The molecule has 1 nitrogen and oxygen atoms in total. The van der Waals surface area contributed by atoms with Crippen molar-refractivity contribution in [3.63, 3.8) is 0 Å². The Morgan fingerprint density at radius 3 is 2.38 bits per heavy atom. The van der Waals surface area contributed by atoms with Crippen LogP contribution in [0.3, 0.4) is 0 Å². The standard InChI is InChI=1S/C14H28ClN/c1-2-3-4-5-6-11-16-12-13-7-9-14(15)10-8-13/h13-14,16H,2-12H2,1H3. The Bertz CT molecular complexity index is 153. The molecule has 0 bridgehead atoms. The fourth-order valence-electron chi connectivity index (χ4n) is 2.49. The summed E-state index contributed by atoms with van der Waals surface area (Å²) < 4.78 is 0. The molecule has 0 aromatic carbocycles. The fourth-order valence-corrected chi connectivity index (χ4v) is 2.74. The highest BCUT2D eigenvalue weighted by molar-refractivity contribution is 6.20. The lowest BCUT2D eigenvalue weighted by Crippen LogP contribution is -2.27. The average Bonchev–Trinajstić information content (AvgIpc) is 2.30. The molecule has 1 saturated carbocycles. The highest BCUT2D eigenvalue weighted by Crippen LogP contribution is 2.26. The van der Waals surface area contributed by atoms with Crippen LogP contribution in [0, 0.1) is 5.92 Å². The summed E-state index contributed by atoms with van der Waals surface area (Å²) in [5, 5.41) is 4.07. The number of alkyl halides is 1. The molecule has 0 atom stereocenters. The summed E-state index contributed by atoms with van der Waals surface area (Å²) in [6, 6.07) is 0. The zero-order chi connectivity index (χ0) is 11.6. The molecule has 0 unspecified atom stereocenters. The van der Waals surface area contributed by atoms with E-state index in [1.165, 1.54) is 70.9 Å². The summed E-state index contributed by atoms with van der Waals surface area (Å²) in [5.41, 5.74) is 0. The molecule has 0 aliphatic heterocycles. The second-order valence-electron chi connectivity index (χ2n) is 5.24. The number of hydrogen-bond donors (Lipinski definition) is 1. The molecule has 0 saturated heterocycles. The van der Waals surface area contributed by atoms with E-state index in [4.69, 9.17) is 11.6 Å². The van der Waals surface area contributed by atoms with Crippen LogP contribution in [0.1, 0.15) is 64.7 Å². The topological polar surface area (TPSA) is 12.0 Å². The first-order valence-corrected chi connectivity index (χ1v) is 7.61. The molecule has 1 fully saturated rings. The first-order valence-electron chi connectivity index (χ1n) is 7.17. The minimum absolute atomic E-state index is 0.463. The van der Waals surface area contributed by atoms with Crippen LogP contribution in [0.5, 0.6) is 0 Å². The molecule has 96 valence electrons. The molecular formula is C14H28ClN. The van der Waals surface area contributed by atoms with E-state index in [1.807, 2.05) is 0 Å². The summed E-state index contributed by atoms with van der Waals surface area (Å²) in [7, 11) is 0. The second-order valence-corrected chi connectivity index (χ2v) is 5.85. The van der Waals surface area contributed by atoms with Gasteiger partial charge in [0, 0.05) is 5.38 Å². The molecule has 0 amide bonds. The third kappa shape index (κ3) is 6.75. The van der Waals surface area contributed by atoms with Gasteiger partial charge in [0.15, 0.2) is 0 Å². The molecule has 0 aromatic heterocycles. The van der Waals surface area contributed by atoms with Crippen LogP contribution in [0.2, 0.25) is 0 Å². The monoisotopic (exact) mass is 245 g/mol. The van der Waals surface area contributed by atoms with Crippen molar-refractivity contribution in [3.8, 4) is 0 Å². The molecule has 1 aliphatic carbocycles. The molecule has 0 heterocycles. The summed E-state index contributed by atoms with van der Waals surface area (Å²) in [6.45, 7) is 4.70. The van der Waals surface area contributed by atoms with Gasteiger partial charge in [0.1, 0.15) is 0 Å². The van der Waals surface area contributed by atoms with Gasteiger partial charge in [-0.25, -0.2) is 0 Å². The van der Waals surface area contributed by atoms with Gasteiger partial charge < -0.3 is 5.32 Å². The first kappa shape index (κ1) is 14.3. The van der Waals surface area contributed by atoms with Crippen molar-refractivity contribution in [2.45, 2.75) is 70.1 Å².